The van der Waals surface area contributed by atoms with Crippen molar-refractivity contribution in [2.75, 3.05) is 18.1 Å². The molecule has 1 fully saturated rings. The van der Waals surface area contributed by atoms with Crippen molar-refractivity contribution in [1.82, 2.24) is 14.8 Å². The van der Waals surface area contributed by atoms with Gasteiger partial charge in [-0.3, -0.25) is 9.69 Å². The number of thiazole rings is 1. The minimum Gasteiger partial charge on any atom is -0.376 e. The van der Waals surface area contributed by atoms with Gasteiger partial charge in [0.05, 0.1) is 40.2 Å². The molecule has 2 aromatic heterocycles. The van der Waals surface area contributed by atoms with E-state index in [2.05, 4.69) is 10.1 Å². The SMILES string of the molecule is O=C(Cn1ccc([N+](=O)[O-])n1)N(CC1CCCO1)c1nc2ccccc2s1. The molecule has 1 atom stereocenters. The third kappa shape index (κ3) is 3.81. The van der Waals surface area contributed by atoms with Gasteiger partial charge in [-0.05, 0) is 29.9 Å². The Labute approximate surface area is 158 Å². The summed E-state index contributed by atoms with van der Waals surface area (Å²) < 4.78 is 7.95. The fourth-order valence-electron chi connectivity index (χ4n) is 3.01. The van der Waals surface area contributed by atoms with E-state index in [0.717, 1.165) is 23.1 Å². The molecule has 1 amide bonds. The topological polar surface area (TPSA) is 103 Å². The number of amides is 1. The van der Waals surface area contributed by atoms with Gasteiger partial charge >= 0.3 is 5.82 Å². The van der Waals surface area contributed by atoms with Crippen LogP contribution in [0.5, 0.6) is 0 Å². The highest BCUT2D eigenvalue weighted by atomic mass is 32.1. The molecule has 0 aliphatic carbocycles. The van der Waals surface area contributed by atoms with Crippen LogP contribution >= 0.6 is 11.3 Å². The average molecular weight is 387 g/mol. The number of para-hydroxylation sites is 1. The van der Waals surface area contributed by atoms with Crippen molar-refractivity contribution in [1.29, 1.82) is 0 Å². The van der Waals surface area contributed by atoms with Crippen LogP contribution in [0, 0.1) is 10.1 Å². The van der Waals surface area contributed by atoms with Crippen molar-refractivity contribution in [3.05, 3.63) is 46.6 Å². The lowest BCUT2D eigenvalue weighted by Gasteiger charge is -2.22. The van der Waals surface area contributed by atoms with E-state index < -0.39 is 4.92 Å². The molecule has 1 aliphatic rings. The summed E-state index contributed by atoms with van der Waals surface area (Å²) in [5.41, 5.74) is 0.831. The smallest absolute Gasteiger partial charge is 0.376 e. The molecule has 1 aliphatic heterocycles. The largest absolute Gasteiger partial charge is 0.389 e. The van der Waals surface area contributed by atoms with Gasteiger partial charge in [0, 0.05) is 6.61 Å². The number of nitrogens with zero attached hydrogens (tertiary/aromatic N) is 5. The molecule has 140 valence electrons. The monoisotopic (exact) mass is 387 g/mol. The molecule has 3 heterocycles. The molecule has 0 saturated carbocycles. The third-order valence-electron chi connectivity index (χ3n) is 4.34. The van der Waals surface area contributed by atoms with E-state index in [1.807, 2.05) is 24.3 Å². The second kappa shape index (κ2) is 7.41. The number of nitro groups is 1. The lowest BCUT2D eigenvalue weighted by molar-refractivity contribution is -0.389. The molecule has 1 saturated heterocycles. The average Bonchev–Trinajstić information content (AvgIpc) is 3.39. The summed E-state index contributed by atoms with van der Waals surface area (Å²) in [4.78, 5) is 29.4. The predicted octanol–water partition coefficient (Wildman–Crippen LogP) is 2.61. The number of rotatable bonds is 6. The molecule has 4 rings (SSSR count). The van der Waals surface area contributed by atoms with Gasteiger partial charge in [0.2, 0.25) is 0 Å². The number of anilines is 1. The maximum absolute atomic E-state index is 13.0. The summed E-state index contributed by atoms with van der Waals surface area (Å²) in [6.45, 7) is 0.996. The number of hydrogen-bond acceptors (Lipinski definition) is 7. The maximum Gasteiger partial charge on any atom is 0.389 e. The van der Waals surface area contributed by atoms with E-state index in [1.165, 1.54) is 28.3 Å². The molecule has 3 aromatic rings. The van der Waals surface area contributed by atoms with Gasteiger partial charge in [0.15, 0.2) is 5.13 Å². The summed E-state index contributed by atoms with van der Waals surface area (Å²) in [6, 6.07) is 8.97. The Morgan fingerprint density at radius 3 is 2.96 bits per heavy atom. The minimum atomic E-state index is -0.585. The number of carbonyl (C=O) groups excluding carboxylic acids is 1. The molecule has 0 radical (unpaired) electrons. The molecule has 0 bridgehead atoms. The molecule has 0 spiro atoms. The van der Waals surface area contributed by atoms with E-state index in [4.69, 9.17) is 4.74 Å². The van der Waals surface area contributed by atoms with Crippen LogP contribution in [0.4, 0.5) is 10.9 Å². The lowest BCUT2D eigenvalue weighted by atomic mass is 10.2. The fourth-order valence-corrected chi connectivity index (χ4v) is 4.01. The summed E-state index contributed by atoms with van der Waals surface area (Å²) in [6.07, 6.45) is 3.26. The highest BCUT2D eigenvalue weighted by Crippen LogP contribution is 2.30. The number of aromatic nitrogens is 3. The van der Waals surface area contributed by atoms with Gasteiger partial charge < -0.3 is 14.9 Å². The van der Waals surface area contributed by atoms with Crippen LogP contribution in [0.2, 0.25) is 0 Å². The van der Waals surface area contributed by atoms with Crippen molar-refractivity contribution < 1.29 is 14.5 Å². The predicted molar refractivity (Wildman–Crippen MR) is 99.8 cm³/mol. The highest BCUT2D eigenvalue weighted by molar-refractivity contribution is 7.22. The number of benzene rings is 1. The van der Waals surface area contributed by atoms with Gasteiger partial charge in [-0.2, -0.15) is 4.68 Å². The minimum absolute atomic E-state index is 0.0343. The Bertz CT molecular complexity index is 946. The first-order valence-corrected chi connectivity index (χ1v) is 9.37. The van der Waals surface area contributed by atoms with Crippen molar-refractivity contribution in [2.24, 2.45) is 0 Å². The Hall–Kier alpha value is -2.85. The van der Waals surface area contributed by atoms with Crippen LogP contribution in [0.15, 0.2) is 36.5 Å². The first-order chi connectivity index (χ1) is 13.1. The Balaban J connectivity index is 1.59. The lowest BCUT2D eigenvalue weighted by Crippen LogP contribution is -2.39. The van der Waals surface area contributed by atoms with Crippen LogP contribution in [0.25, 0.3) is 10.2 Å². The zero-order chi connectivity index (χ0) is 18.8. The van der Waals surface area contributed by atoms with E-state index >= 15 is 0 Å². The first kappa shape index (κ1) is 17.6. The second-order valence-corrected chi connectivity index (χ2v) is 7.24. The molecule has 1 unspecified atom stereocenters. The molecular formula is C17H17N5O4S. The van der Waals surface area contributed by atoms with Gasteiger partial charge in [-0.25, -0.2) is 4.98 Å². The summed E-state index contributed by atoms with van der Waals surface area (Å²) in [5, 5.41) is 15.2. The fraction of sp³-hybridized carbons (Fsp3) is 0.353. The van der Waals surface area contributed by atoms with Crippen molar-refractivity contribution in [3.8, 4) is 0 Å². The molecule has 10 heteroatoms. The van der Waals surface area contributed by atoms with Crippen molar-refractivity contribution >= 4 is 38.4 Å². The van der Waals surface area contributed by atoms with Crippen LogP contribution in [0.3, 0.4) is 0 Å². The van der Waals surface area contributed by atoms with Crippen molar-refractivity contribution in [2.45, 2.75) is 25.5 Å². The number of hydrogen-bond donors (Lipinski definition) is 0. The zero-order valence-electron chi connectivity index (χ0n) is 14.4. The van der Waals surface area contributed by atoms with Gasteiger partial charge in [-0.1, -0.05) is 23.5 Å². The highest BCUT2D eigenvalue weighted by Gasteiger charge is 2.27. The van der Waals surface area contributed by atoms with Crippen molar-refractivity contribution in [3.63, 3.8) is 0 Å². The van der Waals surface area contributed by atoms with Crippen LogP contribution < -0.4 is 4.90 Å². The Morgan fingerprint density at radius 2 is 2.26 bits per heavy atom. The first-order valence-electron chi connectivity index (χ1n) is 8.55. The number of fused-ring (bicyclic) bond motifs is 1. The summed E-state index contributed by atoms with van der Waals surface area (Å²) in [5.74, 6) is -0.518. The van der Waals surface area contributed by atoms with Gasteiger partial charge in [-0.15, -0.1) is 0 Å². The van der Waals surface area contributed by atoms with E-state index in [-0.39, 0.29) is 24.4 Å². The number of ether oxygens (including phenoxy) is 1. The van der Waals surface area contributed by atoms with Crippen LogP contribution in [-0.4, -0.2) is 44.9 Å². The zero-order valence-corrected chi connectivity index (χ0v) is 15.2. The summed E-state index contributed by atoms with van der Waals surface area (Å²) >= 11 is 1.44. The number of carbonyl (C=O) groups is 1. The van der Waals surface area contributed by atoms with E-state index in [0.29, 0.717) is 18.3 Å². The summed E-state index contributed by atoms with van der Waals surface area (Å²) in [7, 11) is 0. The van der Waals surface area contributed by atoms with E-state index in [1.54, 1.807) is 4.90 Å². The molecule has 9 nitrogen and oxygen atoms in total. The normalized spacial score (nSPS) is 16.7. The van der Waals surface area contributed by atoms with Crippen LogP contribution in [-0.2, 0) is 16.1 Å². The van der Waals surface area contributed by atoms with E-state index in [9.17, 15) is 14.9 Å². The molecular weight excluding hydrogens is 370 g/mol. The maximum atomic E-state index is 13.0. The molecule has 0 N–H and O–H groups in total. The van der Waals surface area contributed by atoms with Gasteiger partial charge in [0.1, 0.15) is 6.54 Å². The third-order valence-corrected chi connectivity index (χ3v) is 5.40. The quantitative estimate of drug-likeness (QED) is 0.476. The standard InChI is InChI=1S/C17H17N5O4S/c23-16(11-20-8-7-15(19-20)22(24)25)21(10-12-4-3-9-26-12)17-18-13-5-1-2-6-14(13)27-17/h1-2,5-8,12H,3-4,9-11H2. The Kier molecular flexibility index (Phi) is 4.82. The Morgan fingerprint density at radius 1 is 1.41 bits per heavy atom. The molecule has 1 aromatic carbocycles. The second-order valence-electron chi connectivity index (χ2n) is 6.23. The molecule has 27 heavy (non-hydrogen) atoms. The van der Waals surface area contributed by atoms with Crippen LogP contribution in [0.1, 0.15) is 12.8 Å². The van der Waals surface area contributed by atoms with Gasteiger partial charge in [0.25, 0.3) is 5.91 Å².